The number of amides is 2. The van der Waals surface area contributed by atoms with Crippen molar-refractivity contribution in [2.24, 2.45) is 0 Å². The minimum atomic E-state index is -0.319. The van der Waals surface area contributed by atoms with Crippen LogP contribution in [0.3, 0.4) is 0 Å². The molecule has 0 atom stereocenters. The summed E-state index contributed by atoms with van der Waals surface area (Å²) in [7, 11) is 0. The third kappa shape index (κ3) is 5.67. The van der Waals surface area contributed by atoms with Crippen molar-refractivity contribution in [2.45, 2.75) is 26.4 Å². The molecule has 1 aromatic heterocycles. The molecule has 150 valence electrons. The second-order valence-corrected chi connectivity index (χ2v) is 7.69. The molecule has 2 amide bonds. The van der Waals surface area contributed by atoms with Crippen molar-refractivity contribution in [3.63, 3.8) is 0 Å². The fraction of sp³-hybridized carbons (Fsp3) is 0.421. The average molecular weight is 404 g/mol. The van der Waals surface area contributed by atoms with E-state index in [0.29, 0.717) is 24.6 Å². The highest BCUT2D eigenvalue weighted by Crippen LogP contribution is 2.25. The van der Waals surface area contributed by atoms with Crippen molar-refractivity contribution in [1.82, 2.24) is 15.2 Å². The summed E-state index contributed by atoms with van der Waals surface area (Å²) >= 11 is 1.34. The van der Waals surface area contributed by atoms with E-state index >= 15 is 0 Å². The first-order valence-corrected chi connectivity index (χ1v) is 10.1. The molecule has 4 N–H and O–H groups in total. The molecule has 1 fully saturated rings. The van der Waals surface area contributed by atoms with Gasteiger partial charge in [0, 0.05) is 38.8 Å². The van der Waals surface area contributed by atoms with Gasteiger partial charge >= 0.3 is 6.09 Å². The number of nitrogens with zero attached hydrogens (tertiary/aromatic N) is 2. The quantitative estimate of drug-likeness (QED) is 0.637. The third-order valence-corrected chi connectivity index (χ3v) is 5.38. The van der Waals surface area contributed by atoms with Crippen LogP contribution in [0.15, 0.2) is 24.3 Å². The van der Waals surface area contributed by atoms with Gasteiger partial charge in [0.15, 0.2) is 5.13 Å². The fourth-order valence-corrected chi connectivity index (χ4v) is 3.88. The van der Waals surface area contributed by atoms with Crippen molar-refractivity contribution >= 4 is 34.2 Å². The maximum absolute atomic E-state index is 12.3. The standard InChI is InChI=1S/C19H25N5O3S/c1-13(25)22-18-23-16(7-4-14-2-5-15(20)6-3-14)17(28-18)12-27-19(26)24-10-8-21-9-11-24/h2-3,5-6,21H,4,7-12,20H2,1H3,(H,22,23,25). The van der Waals surface area contributed by atoms with Crippen LogP contribution in [-0.4, -0.2) is 48.1 Å². The second kappa shape index (κ2) is 9.52. The van der Waals surface area contributed by atoms with Crippen LogP contribution in [0.2, 0.25) is 0 Å². The van der Waals surface area contributed by atoms with E-state index < -0.39 is 0 Å². The van der Waals surface area contributed by atoms with Crippen LogP contribution < -0.4 is 16.4 Å². The van der Waals surface area contributed by atoms with E-state index in [1.165, 1.54) is 18.3 Å². The second-order valence-electron chi connectivity index (χ2n) is 6.60. The summed E-state index contributed by atoms with van der Waals surface area (Å²) in [5, 5.41) is 6.44. The molecule has 0 bridgehead atoms. The number of rotatable bonds is 6. The molecule has 2 heterocycles. The van der Waals surface area contributed by atoms with Crippen molar-refractivity contribution in [3.05, 3.63) is 40.4 Å². The SMILES string of the molecule is CC(=O)Nc1nc(CCc2ccc(N)cc2)c(COC(=O)N2CCNCC2)s1. The van der Waals surface area contributed by atoms with Gasteiger partial charge in [0.1, 0.15) is 6.61 Å². The first-order valence-electron chi connectivity index (χ1n) is 9.24. The van der Waals surface area contributed by atoms with Gasteiger partial charge in [-0.25, -0.2) is 9.78 Å². The van der Waals surface area contributed by atoms with Gasteiger partial charge in [0.25, 0.3) is 0 Å². The predicted octanol–water partition coefficient (Wildman–Crippen LogP) is 2.01. The summed E-state index contributed by atoms with van der Waals surface area (Å²) in [6.07, 6.45) is 1.14. The Morgan fingerprint density at radius 3 is 2.64 bits per heavy atom. The molecule has 28 heavy (non-hydrogen) atoms. The molecule has 1 saturated heterocycles. The molecule has 0 unspecified atom stereocenters. The Labute approximate surface area is 168 Å². The number of benzene rings is 1. The smallest absolute Gasteiger partial charge is 0.410 e. The van der Waals surface area contributed by atoms with Crippen molar-refractivity contribution in [1.29, 1.82) is 0 Å². The molecule has 8 nitrogen and oxygen atoms in total. The first kappa shape index (κ1) is 20.1. The van der Waals surface area contributed by atoms with Gasteiger partial charge in [-0.05, 0) is 30.5 Å². The van der Waals surface area contributed by atoms with E-state index in [1.807, 2.05) is 24.3 Å². The molecule has 1 aliphatic rings. The lowest BCUT2D eigenvalue weighted by Crippen LogP contribution is -2.46. The summed E-state index contributed by atoms with van der Waals surface area (Å²) in [6, 6.07) is 7.71. The Morgan fingerprint density at radius 2 is 1.96 bits per heavy atom. The number of aryl methyl sites for hydroxylation is 2. The Kier molecular flexibility index (Phi) is 6.83. The third-order valence-electron chi connectivity index (χ3n) is 4.39. The van der Waals surface area contributed by atoms with E-state index in [0.717, 1.165) is 41.3 Å². The predicted molar refractivity (Wildman–Crippen MR) is 109 cm³/mol. The number of nitrogen functional groups attached to an aromatic ring is 1. The van der Waals surface area contributed by atoms with E-state index in [-0.39, 0.29) is 18.6 Å². The molecule has 3 rings (SSSR count). The lowest BCUT2D eigenvalue weighted by Gasteiger charge is -2.26. The van der Waals surface area contributed by atoms with Gasteiger partial charge in [0.2, 0.25) is 5.91 Å². The van der Waals surface area contributed by atoms with E-state index in [9.17, 15) is 9.59 Å². The lowest BCUT2D eigenvalue weighted by atomic mass is 10.1. The first-order chi connectivity index (χ1) is 13.5. The number of piperazine rings is 1. The maximum Gasteiger partial charge on any atom is 0.410 e. The summed E-state index contributed by atoms with van der Waals surface area (Å²) < 4.78 is 5.49. The van der Waals surface area contributed by atoms with Crippen LogP contribution in [0, 0.1) is 0 Å². The van der Waals surface area contributed by atoms with Gasteiger partial charge in [-0.2, -0.15) is 0 Å². The molecular formula is C19H25N5O3S. The summed E-state index contributed by atoms with van der Waals surface area (Å²) in [6.45, 7) is 4.42. The number of nitrogens with one attached hydrogen (secondary N) is 2. The topological polar surface area (TPSA) is 110 Å². The van der Waals surface area contributed by atoms with Gasteiger partial charge < -0.3 is 26.0 Å². The summed E-state index contributed by atoms with van der Waals surface area (Å²) in [4.78, 5) is 30.7. The Balaban J connectivity index is 1.65. The zero-order chi connectivity index (χ0) is 19.9. The Hall–Kier alpha value is -2.65. The highest BCUT2D eigenvalue weighted by molar-refractivity contribution is 7.15. The largest absolute Gasteiger partial charge is 0.444 e. The Bertz CT molecular complexity index is 815. The average Bonchev–Trinajstić information content (AvgIpc) is 3.07. The molecule has 0 spiro atoms. The van der Waals surface area contributed by atoms with E-state index in [1.54, 1.807) is 4.90 Å². The maximum atomic E-state index is 12.3. The minimum Gasteiger partial charge on any atom is -0.444 e. The number of ether oxygens (including phenoxy) is 1. The van der Waals surface area contributed by atoms with Gasteiger partial charge in [-0.1, -0.05) is 23.5 Å². The van der Waals surface area contributed by atoms with Crippen LogP contribution in [0.4, 0.5) is 15.6 Å². The van der Waals surface area contributed by atoms with Crippen molar-refractivity contribution in [2.75, 3.05) is 37.2 Å². The molecule has 0 saturated carbocycles. The molecular weight excluding hydrogens is 378 g/mol. The van der Waals surface area contributed by atoms with Gasteiger partial charge in [0.05, 0.1) is 10.6 Å². The lowest BCUT2D eigenvalue weighted by molar-refractivity contribution is -0.114. The van der Waals surface area contributed by atoms with Crippen LogP contribution >= 0.6 is 11.3 Å². The zero-order valence-electron chi connectivity index (χ0n) is 15.9. The van der Waals surface area contributed by atoms with Crippen LogP contribution in [0.5, 0.6) is 0 Å². The van der Waals surface area contributed by atoms with Crippen molar-refractivity contribution in [3.8, 4) is 0 Å². The van der Waals surface area contributed by atoms with Crippen LogP contribution in [0.1, 0.15) is 23.1 Å². The molecule has 2 aromatic rings. The number of thiazole rings is 1. The number of aromatic nitrogens is 1. The van der Waals surface area contributed by atoms with Gasteiger partial charge in [-0.15, -0.1) is 0 Å². The fourth-order valence-electron chi connectivity index (χ4n) is 2.91. The molecule has 9 heteroatoms. The number of hydrogen-bond donors (Lipinski definition) is 3. The summed E-state index contributed by atoms with van der Waals surface area (Å²) in [5.41, 5.74) is 8.44. The molecule has 0 radical (unpaired) electrons. The molecule has 1 aliphatic heterocycles. The molecule has 0 aliphatic carbocycles. The van der Waals surface area contributed by atoms with Crippen molar-refractivity contribution < 1.29 is 14.3 Å². The molecule has 1 aromatic carbocycles. The highest BCUT2D eigenvalue weighted by Gasteiger charge is 2.19. The van der Waals surface area contributed by atoms with E-state index in [2.05, 4.69) is 15.6 Å². The normalized spacial score (nSPS) is 14.0. The highest BCUT2D eigenvalue weighted by atomic mass is 32.1. The zero-order valence-corrected chi connectivity index (χ0v) is 16.7. The van der Waals surface area contributed by atoms with Gasteiger partial charge in [-0.3, -0.25) is 4.79 Å². The number of anilines is 2. The van der Waals surface area contributed by atoms with Crippen LogP contribution in [0.25, 0.3) is 0 Å². The number of carbonyl (C=O) groups is 2. The van der Waals surface area contributed by atoms with Crippen LogP contribution in [-0.2, 0) is 29.0 Å². The number of nitrogens with two attached hydrogens (primary N) is 1. The van der Waals surface area contributed by atoms with E-state index in [4.69, 9.17) is 10.5 Å². The number of hydrogen-bond acceptors (Lipinski definition) is 7. The monoisotopic (exact) mass is 403 g/mol. The summed E-state index contributed by atoms with van der Waals surface area (Å²) in [5.74, 6) is -0.178. The number of carbonyl (C=O) groups excluding carboxylic acids is 2. The Morgan fingerprint density at radius 1 is 1.25 bits per heavy atom. The minimum absolute atomic E-state index is 0.150.